The molecule has 2 aliphatic carbocycles. The summed E-state index contributed by atoms with van der Waals surface area (Å²) in [7, 11) is 0. The van der Waals surface area contributed by atoms with Gasteiger partial charge < -0.3 is 0 Å². The largest absolute Gasteiger partial charge is 0.274 e. The van der Waals surface area contributed by atoms with E-state index in [-0.39, 0.29) is 35.5 Å². The molecule has 0 spiro atoms. The summed E-state index contributed by atoms with van der Waals surface area (Å²) in [6.45, 7) is 4.17. The third-order valence-electron chi connectivity index (χ3n) is 7.40. The maximum atomic E-state index is 13.6. The highest BCUT2D eigenvalue weighted by molar-refractivity contribution is 6.23. The molecule has 162 valence electrons. The van der Waals surface area contributed by atoms with Gasteiger partial charge in [-0.2, -0.15) is 0 Å². The number of nitrogens with zero attached hydrogens (tertiary/aromatic N) is 1. The number of benzene rings is 3. The van der Waals surface area contributed by atoms with Crippen LogP contribution in [0.15, 0.2) is 96.6 Å². The lowest BCUT2D eigenvalue weighted by atomic mass is 9.85. The van der Waals surface area contributed by atoms with Crippen molar-refractivity contribution < 1.29 is 9.59 Å². The molecule has 1 saturated carbocycles. The van der Waals surface area contributed by atoms with E-state index in [1.807, 2.05) is 30.3 Å². The Hall–Kier alpha value is -3.72. The molecule has 0 unspecified atom stereocenters. The smallest absolute Gasteiger partial charge is 0.238 e. The van der Waals surface area contributed by atoms with Gasteiger partial charge in [0.25, 0.3) is 0 Å². The normalized spacial score (nSPS) is 25.2. The number of hydrogen-bond acceptors (Lipinski definition) is 2. The number of allylic oxidation sites excluding steroid dienone is 3. The topological polar surface area (TPSA) is 37.4 Å². The van der Waals surface area contributed by atoms with Crippen LogP contribution in [0.5, 0.6) is 0 Å². The van der Waals surface area contributed by atoms with E-state index in [1.165, 1.54) is 21.6 Å². The fourth-order valence-corrected chi connectivity index (χ4v) is 5.87. The summed E-state index contributed by atoms with van der Waals surface area (Å²) >= 11 is 0. The number of carbonyl (C=O) groups is 2. The van der Waals surface area contributed by atoms with Crippen LogP contribution in [0.3, 0.4) is 0 Å². The van der Waals surface area contributed by atoms with Gasteiger partial charge in [0.2, 0.25) is 11.8 Å². The van der Waals surface area contributed by atoms with Gasteiger partial charge in [0, 0.05) is 11.8 Å². The minimum atomic E-state index is -0.325. The lowest BCUT2D eigenvalue weighted by Gasteiger charge is -2.21. The third kappa shape index (κ3) is 2.96. The van der Waals surface area contributed by atoms with Gasteiger partial charge in [-0.25, -0.2) is 4.90 Å². The molecule has 33 heavy (non-hydrogen) atoms. The molecule has 2 amide bonds. The maximum absolute atomic E-state index is 13.6. The average Bonchev–Trinajstić information content (AvgIpc) is 3.46. The number of fused-ring (bicyclic) bond motifs is 5. The van der Waals surface area contributed by atoms with Crippen LogP contribution in [0.2, 0.25) is 0 Å². The predicted octanol–water partition coefficient (Wildman–Crippen LogP) is 5.73. The molecule has 0 aromatic heterocycles. The highest BCUT2D eigenvalue weighted by atomic mass is 16.2. The summed E-state index contributed by atoms with van der Waals surface area (Å²) in [5.74, 6) is -0.900. The molecule has 1 heterocycles. The van der Waals surface area contributed by atoms with Gasteiger partial charge >= 0.3 is 0 Å². The Morgan fingerprint density at radius 3 is 1.55 bits per heavy atom. The number of amides is 2. The van der Waals surface area contributed by atoms with E-state index < -0.39 is 0 Å². The molecule has 1 saturated heterocycles. The van der Waals surface area contributed by atoms with Gasteiger partial charge in [-0.15, -0.1) is 0 Å². The Labute approximate surface area is 194 Å². The first kappa shape index (κ1) is 19.9. The average molecular weight is 432 g/mol. The van der Waals surface area contributed by atoms with Gasteiger partial charge in [-0.3, -0.25) is 9.59 Å². The Kier molecular flexibility index (Phi) is 4.48. The fourth-order valence-electron chi connectivity index (χ4n) is 5.87. The lowest BCUT2D eigenvalue weighted by Crippen LogP contribution is -2.33. The number of rotatable bonds is 3. The van der Waals surface area contributed by atoms with Crippen LogP contribution in [0.4, 0.5) is 5.69 Å². The molecule has 3 aromatic rings. The van der Waals surface area contributed by atoms with Crippen LogP contribution in [0.25, 0.3) is 5.57 Å². The molecule has 0 radical (unpaired) electrons. The highest BCUT2D eigenvalue weighted by Gasteiger charge is 2.62. The Bertz CT molecular complexity index is 1230. The Balaban J connectivity index is 1.50. The number of aryl methyl sites for hydroxylation is 2. The molecule has 3 aliphatic rings. The summed E-state index contributed by atoms with van der Waals surface area (Å²) in [5, 5.41) is 0. The molecule has 3 aromatic carbocycles. The Morgan fingerprint density at radius 2 is 1.09 bits per heavy atom. The highest BCUT2D eigenvalue weighted by Crippen LogP contribution is 2.58. The van der Waals surface area contributed by atoms with Crippen molar-refractivity contribution in [3.05, 3.63) is 119 Å². The fraction of sp³-hybridized carbons (Fsp3) is 0.200. The molecule has 2 bridgehead atoms. The summed E-state index contributed by atoms with van der Waals surface area (Å²) in [4.78, 5) is 28.5. The monoisotopic (exact) mass is 431 g/mol. The number of para-hydroxylation sites is 1. The van der Waals surface area contributed by atoms with Crippen LogP contribution in [0, 0.1) is 37.5 Å². The third-order valence-corrected chi connectivity index (χ3v) is 7.40. The lowest BCUT2D eigenvalue weighted by molar-refractivity contribution is -0.122. The van der Waals surface area contributed by atoms with E-state index in [1.54, 1.807) is 0 Å². The SMILES string of the molecule is Cc1ccc(C(=C2[C@H]3C=C[C@@H]2[C@H]2C(=O)N(c4ccccc4)C(=O)[C@@H]23)c2ccc(C)cc2)cc1. The first-order chi connectivity index (χ1) is 16.0. The molecule has 1 aliphatic heterocycles. The van der Waals surface area contributed by atoms with Crippen molar-refractivity contribution >= 4 is 23.1 Å². The van der Waals surface area contributed by atoms with Crippen molar-refractivity contribution in [2.45, 2.75) is 13.8 Å². The van der Waals surface area contributed by atoms with Crippen LogP contribution in [-0.4, -0.2) is 11.8 Å². The van der Waals surface area contributed by atoms with E-state index in [9.17, 15) is 9.59 Å². The van der Waals surface area contributed by atoms with E-state index in [0.717, 1.165) is 16.7 Å². The zero-order valence-electron chi connectivity index (χ0n) is 18.7. The summed E-state index contributed by atoms with van der Waals surface area (Å²) in [6, 6.07) is 26.5. The van der Waals surface area contributed by atoms with Crippen LogP contribution in [-0.2, 0) is 9.59 Å². The second-order valence-corrected chi connectivity index (χ2v) is 9.40. The molecule has 3 nitrogen and oxygen atoms in total. The number of carbonyl (C=O) groups excluding carboxylic acids is 2. The number of imide groups is 1. The van der Waals surface area contributed by atoms with Crippen molar-refractivity contribution in [2.24, 2.45) is 23.7 Å². The van der Waals surface area contributed by atoms with Gasteiger partial charge in [0.05, 0.1) is 17.5 Å². The molecule has 2 fully saturated rings. The van der Waals surface area contributed by atoms with Gasteiger partial charge in [0.15, 0.2) is 0 Å². The minimum Gasteiger partial charge on any atom is -0.274 e. The zero-order chi connectivity index (χ0) is 22.7. The van der Waals surface area contributed by atoms with E-state index in [2.05, 4.69) is 74.5 Å². The van der Waals surface area contributed by atoms with E-state index in [0.29, 0.717) is 5.69 Å². The van der Waals surface area contributed by atoms with Crippen LogP contribution in [0.1, 0.15) is 22.3 Å². The zero-order valence-corrected chi connectivity index (χ0v) is 18.7. The van der Waals surface area contributed by atoms with Gasteiger partial charge in [-0.05, 0) is 48.3 Å². The number of anilines is 1. The van der Waals surface area contributed by atoms with Crippen molar-refractivity contribution in [2.75, 3.05) is 4.90 Å². The second-order valence-electron chi connectivity index (χ2n) is 9.40. The van der Waals surface area contributed by atoms with Gasteiger partial charge in [0.1, 0.15) is 0 Å². The van der Waals surface area contributed by atoms with Crippen molar-refractivity contribution in [3.8, 4) is 0 Å². The predicted molar refractivity (Wildman–Crippen MR) is 130 cm³/mol. The first-order valence-electron chi connectivity index (χ1n) is 11.5. The van der Waals surface area contributed by atoms with Crippen molar-refractivity contribution in [1.82, 2.24) is 0 Å². The second kappa shape index (κ2) is 7.41. The van der Waals surface area contributed by atoms with Gasteiger partial charge in [-0.1, -0.05) is 90.0 Å². The molecular weight excluding hydrogens is 406 g/mol. The maximum Gasteiger partial charge on any atom is 0.238 e. The molecule has 6 rings (SSSR count). The van der Waals surface area contributed by atoms with Crippen LogP contribution < -0.4 is 4.90 Å². The summed E-state index contributed by atoms with van der Waals surface area (Å²) < 4.78 is 0. The van der Waals surface area contributed by atoms with E-state index in [4.69, 9.17) is 0 Å². The van der Waals surface area contributed by atoms with E-state index >= 15 is 0 Å². The molecule has 0 N–H and O–H groups in total. The standard InChI is InChI=1S/C30H25NO2/c1-18-8-12-20(13-9-18)25(21-14-10-19(2)11-15-21)26-23-16-17-24(26)28-27(23)29(32)31(30(28)33)22-6-4-3-5-7-22/h3-17,23-24,27-28H,1-2H3/t23-,24+,27-,28-/m1/s1. The first-order valence-corrected chi connectivity index (χ1v) is 11.5. The quantitative estimate of drug-likeness (QED) is 0.392. The number of hydrogen-bond donors (Lipinski definition) is 0. The van der Waals surface area contributed by atoms with Crippen molar-refractivity contribution in [3.63, 3.8) is 0 Å². The van der Waals surface area contributed by atoms with Crippen molar-refractivity contribution in [1.29, 1.82) is 0 Å². The Morgan fingerprint density at radius 1 is 0.636 bits per heavy atom. The molecular formula is C30H25NO2. The van der Waals surface area contributed by atoms with Crippen LogP contribution >= 0.6 is 0 Å². The minimum absolute atomic E-state index is 0.0530. The summed E-state index contributed by atoms with van der Waals surface area (Å²) in [5.41, 5.74) is 7.74. The summed E-state index contributed by atoms with van der Waals surface area (Å²) in [6.07, 6.45) is 4.31. The molecule has 3 heteroatoms. The molecule has 4 atom stereocenters.